The molecule has 0 saturated carbocycles. The van der Waals surface area contributed by atoms with Crippen molar-refractivity contribution in [1.82, 2.24) is 25.6 Å². The minimum absolute atomic E-state index is 0.0715. The summed E-state index contributed by atoms with van der Waals surface area (Å²) in [7, 11) is 1.64. The highest BCUT2D eigenvalue weighted by molar-refractivity contribution is 5.91. The van der Waals surface area contributed by atoms with Gasteiger partial charge in [-0.05, 0) is 67.3 Å². The summed E-state index contributed by atoms with van der Waals surface area (Å²) in [5, 5.41) is 16.6. The number of unbranched alkanes of at least 4 members (excludes halogenated alkanes) is 2. The Balaban J connectivity index is 0.000000698. The van der Waals surface area contributed by atoms with E-state index >= 15 is 0 Å². The van der Waals surface area contributed by atoms with Gasteiger partial charge in [-0.1, -0.05) is 49.2 Å². The number of amides is 2. The largest absolute Gasteiger partial charge is 0.497 e. The van der Waals surface area contributed by atoms with Gasteiger partial charge in [0.2, 0.25) is 11.8 Å². The van der Waals surface area contributed by atoms with E-state index in [0.717, 1.165) is 69.6 Å². The van der Waals surface area contributed by atoms with Crippen LogP contribution in [0.15, 0.2) is 66.9 Å². The molecular weight excluding hydrogens is 639 g/mol. The average Bonchev–Trinajstić information content (AvgIpc) is 3.68. The first kappa shape index (κ1) is 36.5. The lowest BCUT2D eigenvalue weighted by Gasteiger charge is -2.17. The number of halogens is 3. The number of rotatable bonds is 13. The number of nitrogens with one attached hydrogen (secondary N) is 4. The van der Waals surface area contributed by atoms with Crippen molar-refractivity contribution in [3.05, 3.63) is 83.9 Å². The molecule has 0 unspecified atom stereocenters. The maximum absolute atomic E-state index is 13.5. The van der Waals surface area contributed by atoms with E-state index < -0.39 is 12.1 Å². The fourth-order valence-corrected chi connectivity index (χ4v) is 5.51. The van der Waals surface area contributed by atoms with Gasteiger partial charge < -0.3 is 30.4 Å². The first-order chi connectivity index (χ1) is 23.4. The molecule has 2 heterocycles. The molecule has 49 heavy (non-hydrogen) atoms. The standard InChI is InChI=1S/C34H39N5O3.C2HF3O2/c1-4-35-32(40)13-7-5-6-12-30(34-36-21-31(39-34)25-15-14-23-10-8-9-11-24(23)18-25)38-33(41)20-27-22(2)37-29-17-16-26(42-3)19-28(27)29;3-2(4,5)1(6)7/h8-11,14-19,21,30,37H,4-7,12-13,20H2,1-3H3,(H,35,40)(H,36,39)(H,38,41);(H,6,7)/t30-;/m0./s1. The van der Waals surface area contributed by atoms with Crippen LogP contribution in [0.5, 0.6) is 5.75 Å². The number of aryl methyl sites for hydroxylation is 1. The number of alkyl halides is 3. The van der Waals surface area contributed by atoms with Gasteiger partial charge >= 0.3 is 12.1 Å². The predicted octanol–water partition coefficient (Wildman–Crippen LogP) is 7.15. The number of aliphatic carboxylic acids is 1. The van der Waals surface area contributed by atoms with Crippen molar-refractivity contribution in [3.8, 4) is 17.0 Å². The zero-order chi connectivity index (χ0) is 35.6. The number of H-pyrrole nitrogens is 2. The van der Waals surface area contributed by atoms with Crippen LogP contribution in [0, 0.1) is 6.92 Å². The summed E-state index contributed by atoms with van der Waals surface area (Å²) in [5.74, 6) is -1.26. The molecule has 0 radical (unpaired) electrons. The first-order valence-corrected chi connectivity index (χ1v) is 15.9. The molecule has 0 bridgehead atoms. The Bertz CT molecular complexity index is 1900. The molecular formula is C36H40F3N5O5. The third kappa shape index (κ3) is 10.1. The Kier molecular flexibility index (Phi) is 12.4. The number of nitrogens with zero attached hydrogens (tertiary/aromatic N) is 1. The highest BCUT2D eigenvalue weighted by atomic mass is 19.4. The van der Waals surface area contributed by atoms with Gasteiger partial charge in [0, 0.05) is 35.1 Å². The second-order valence-corrected chi connectivity index (χ2v) is 11.5. The number of methoxy groups -OCH3 is 1. The molecule has 13 heteroatoms. The molecule has 0 spiro atoms. The normalized spacial score (nSPS) is 11.9. The quantitative estimate of drug-likeness (QED) is 0.0835. The van der Waals surface area contributed by atoms with Crippen LogP contribution in [0.1, 0.15) is 62.2 Å². The van der Waals surface area contributed by atoms with Gasteiger partial charge in [-0.15, -0.1) is 0 Å². The molecule has 10 nitrogen and oxygen atoms in total. The zero-order valence-corrected chi connectivity index (χ0v) is 27.5. The maximum Gasteiger partial charge on any atom is 0.490 e. The molecule has 0 saturated heterocycles. The number of aromatic nitrogens is 3. The first-order valence-electron chi connectivity index (χ1n) is 15.9. The molecule has 5 rings (SSSR count). The van der Waals surface area contributed by atoms with Crippen LogP contribution in [0.3, 0.4) is 0 Å². The zero-order valence-electron chi connectivity index (χ0n) is 27.5. The number of carboxylic acids is 1. The maximum atomic E-state index is 13.5. The second-order valence-electron chi connectivity index (χ2n) is 11.5. The molecule has 0 aliphatic carbocycles. The third-order valence-electron chi connectivity index (χ3n) is 8.00. The van der Waals surface area contributed by atoms with Crippen molar-refractivity contribution in [2.24, 2.45) is 0 Å². The molecule has 0 fully saturated rings. The van der Waals surface area contributed by atoms with Crippen molar-refractivity contribution in [1.29, 1.82) is 0 Å². The highest BCUT2D eigenvalue weighted by Crippen LogP contribution is 2.28. The minimum atomic E-state index is -5.08. The van der Waals surface area contributed by atoms with Gasteiger partial charge in [-0.3, -0.25) is 9.59 Å². The number of carbonyl (C=O) groups is 3. The number of aromatic amines is 2. The van der Waals surface area contributed by atoms with Crippen LogP contribution in [0.25, 0.3) is 32.9 Å². The average molecular weight is 680 g/mol. The van der Waals surface area contributed by atoms with E-state index in [1.54, 1.807) is 7.11 Å². The van der Waals surface area contributed by atoms with Crippen molar-refractivity contribution in [2.45, 2.75) is 64.6 Å². The van der Waals surface area contributed by atoms with Crippen LogP contribution in [-0.2, 0) is 20.8 Å². The number of carbonyl (C=O) groups excluding carboxylic acids is 2. The summed E-state index contributed by atoms with van der Waals surface area (Å²) in [5.41, 5.74) is 4.85. The number of fused-ring (bicyclic) bond motifs is 2. The SMILES string of the molecule is CCNC(=O)CCCCC[C@H](NC(=O)Cc1c(C)[nH]c2ccc(OC)cc12)c1ncc(-c2ccc3ccccc3c2)[nH]1.O=C(O)C(F)(F)F. The monoisotopic (exact) mass is 679 g/mol. The molecule has 5 N–H and O–H groups in total. The topological polar surface area (TPSA) is 149 Å². The number of imidazole rings is 1. The number of hydrogen-bond donors (Lipinski definition) is 5. The highest BCUT2D eigenvalue weighted by Gasteiger charge is 2.38. The van der Waals surface area contributed by atoms with Gasteiger partial charge in [0.25, 0.3) is 0 Å². The van der Waals surface area contributed by atoms with Crippen LogP contribution >= 0.6 is 0 Å². The molecule has 1 atom stereocenters. The smallest absolute Gasteiger partial charge is 0.490 e. The Morgan fingerprint density at radius 2 is 1.69 bits per heavy atom. The number of hydrogen-bond acceptors (Lipinski definition) is 5. The lowest BCUT2D eigenvalue weighted by Crippen LogP contribution is -2.30. The molecule has 260 valence electrons. The Labute approximate surface area is 281 Å². The van der Waals surface area contributed by atoms with Crippen LogP contribution in [0.4, 0.5) is 13.2 Å². The van der Waals surface area contributed by atoms with Gasteiger partial charge in [0.1, 0.15) is 11.6 Å². The summed E-state index contributed by atoms with van der Waals surface area (Å²) in [4.78, 5) is 45.8. The van der Waals surface area contributed by atoms with Gasteiger partial charge in [0.05, 0.1) is 31.5 Å². The van der Waals surface area contributed by atoms with E-state index in [0.29, 0.717) is 19.4 Å². The van der Waals surface area contributed by atoms with Gasteiger partial charge in [0.15, 0.2) is 0 Å². The van der Waals surface area contributed by atoms with Crippen molar-refractivity contribution in [3.63, 3.8) is 0 Å². The van der Waals surface area contributed by atoms with Crippen LogP contribution in [0.2, 0.25) is 0 Å². The number of carboxylic acid groups (broad SMARTS) is 1. The Morgan fingerprint density at radius 1 is 0.959 bits per heavy atom. The lowest BCUT2D eigenvalue weighted by molar-refractivity contribution is -0.192. The Hall–Kier alpha value is -5.33. The number of ether oxygens (including phenoxy) is 1. The molecule has 2 amide bonds. The van der Waals surface area contributed by atoms with Gasteiger partial charge in [-0.2, -0.15) is 13.2 Å². The van der Waals surface area contributed by atoms with Gasteiger partial charge in [-0.25, -0.2) is 9.78 Å². The van der Waals surface area contributed by atoms with Crippen molar-refractivity contribution >= 4 is 39.5 Å². The van der Waals surface area contributed by atoms with E-state index in [9.17, 15) is 22.8 Å². The third-order valence-corrected chi connectivity index (χ3v) is 8.00. The molecule has 2 aromatic heterocycles. The molecule has 5 aromatic rings. The van der Waals surface area contributed by atoms with E-state index in [1.165, 1.54) is 5.39 Å². The second kappa shape index (κ2) is 16.7. The van der Waals surface area contributed by atoms with Crippen molar-refractivity contribution in [2.75, 3.05) is 13.7 Å². The van der Waals surface area contributed by atoms with Crippen molar-refractivity contribution < 1.29 is 37.4 Å². The lowest BCUT2D eigenvalue weighted by atomic mass is 10.0. The van der Waals surface area contributed by atoms with E-state index in [4.69, 9.17) is 19.6 Å². The summed E-state index contributed by atoms with van der Waals surface area (Å²) in [6.45, 7) is 4.56. The molecule has 3 aromatic carbocycles. The molecule has 0 aliphatic heterocycles. The van der Waals surface area contributed by atoms with Crippen LogP contribution < -0.4 is 15.4 Å². The fraction of sp³-hybridized carbons (Fsp3) is 0.333. The Morgan fingerprint density at radius 3 is 2.39 bits per heavy atom. The van der Waals surface area contributed by atoms with E-state index in [2.05, 4.69) is 50.9 Å². The summed E-state index contributed by atoms with van der Waals surface area (Å²) in [6, 6.07) is 20.2. The predicted molar refractivity (Wildman–Crippen MR) is 181 cm³/mol. The number of benzene rings is 3. The van der Waals surface area contributed by atoms with E-state index in [1.807, 2.05) is 50.4 Å². The summed E-state index contributed by atoms with van der Waals surface area (Å²) in [6.07, 6.45) is 0.786. The van der Waals surface area contributed by atoms with Crippen LogP contribution in [-0.4, -0.2) is 57.7 Å². The minimum Gasteiger partial charge on any atom is -0.497 e. The van der Waals surface area contributed by atoms with E-state index in [-0.39, 0.29) is 24.3 Å². The summed E-state index contributed by atoms with van der Waals surface area (Å²) < 4.78 is 37.2. The summed E-state index contributed by atoms with van der Waals surface area (Å²) >= 11 is 0. The fourth-order valence-electron chi connectivity index (χ4n) is 5.51. The molecule has 0 aliphatic rings.